The van der Waals surface area contributed by atoms with E-state index in [-0.39, 0.29) is 6.61 Å². The molecule has 0 amide bonds. The SMILES string of the molecule is CCc1ccc(NCc2cc(Cl)c(OCc3ccc(Cl)cc3Cl)c(Cl)c2)cc1. The molecule has 3 aromatic carbocycles. The summed E-state index contributed by atoms with van der Waals surface area (Å²) in [5.41, 5.74) is 4.12. The van der Waals surface area contributed by atoms with Gasteiger partial charge in [-0.3, -0.25) is 0 Å². The van der Waals surface area contributed by atoms with Crippen molar-refractivity contribution < 1.29 is 4.74 Å². The van der Waals surface area contributed by atoms with Crippen molar-refractivity contribution in [2.75, 3.05) is 5.32 Å². The normalized spacial score (nSPS) is 10.8. The second kappa shape index (κ2) is 9.76. The molecule has 0 saturated heterocycles. The summed E-state index contributed by atoms with van der Waals surface area (Å²) in [7, 11) is 0. The zero-order valence-corrected chi connectivity index (χ0v) is 18.3. The van der Waals surface area contributed by atoms with E-state index in [0.29, 0.717) is 32.4 Å². The molecule has 0 bridgehead atoms. The Morgan fingerprint density at radius 1 is 0.786 bits per heavy atom. The largest absolute Gasteiger partial charge is 0.486 e. The Morgan fingerprint density at radius 2 is 1.46 bits per heavy atom. The first-order chi connectivity index (χ1) is 13.5. The number of rotatable bonds is 7. The minimum atomic E-state index is 0.247. The minimum Gasteiger partial charge on any atom is -0.486 e. The first-order valence-corrected chi connectivity index (χ1v) is 10.3. The van der Waals surface area contributed by atoms with Crippen molar-refractivity contribution in [3.8, 4) is 5.75 Å². The van der Waals surface area contributed by atoms with E-state index in [2.05, 4.69) is 36.5 Å². The highest BCUT2D eigenvalue weighted by molar-refractivity contribution is 6.37. The third-order valence-electron chi connectivity index (χ3n) is 4.30. The molecule has 0 aliphatic carbocycles. The fraction of sp³-hybridized carbons (Fsp3) is 0.182. The zero-order chi connectivity index (χ0) is 20.1. The molecule has 3 aromatic rings. The lowest BCUT2D eigenvalue weighted by molar-refractivity contribution is 0.306. The summed E-state index contributed by atoms with van der Waals surface area (Å²) in [6.07, 6.45) is 1.02. The van der Waals surface area contributed by atoms with Crippen LogP contribution in [0.15, 0.2) is 54.6 Å². The van der Waals surface area contributed by atoms with Crippen molar-refractivity contribution in [3.05, 3.63) is 91.4 Å². The average molecular weight is 455 g/mol. The fourth-order valence-electron chi connectivity index (χ4n) is 2.70. The molecule has 0 radical (unpaired) electrons. The first kappa shape index (κ1) is 21.1. The third kappa shape index (κ3) is 5.48. The smallest absolute Gasteiger partial charge is 0.156 e. The Morgan fingerprint density at radius 3 is 2.07 bits per heavy atom. The van der Waals surface area contributed by atoms with Crippen LogP contribution in [0.4, 0.5) is 5.69 Å². The summed E-state index contributed by atoms with van der Waals surface area (Å²) < 4.78 is 5.81. The Kier molecular flexibility index (Phi) is 7.36. The Labute approximate surface area is 185 Å². The molecule has 146 valence electrons. The number of hydrogen-bond acceptors (Lipinski definition) is 2. The van der Waals surface area contributed by atoms with Crippen molar-refractivity contribution in [2.45, 2.75) is 26.5 Å². The lowest BCUT2D eigenvalue weighted by atomic mass is 10.1. The van der Waals surface area contributed by atoms with E-state index in [1.807, 2.05) is 18.2 Å². The molecule has 0 aromatic heterocycles. The number of benzene rings is 3. The van der Waals surface area contributed by atoms with Crippen molar-refractivity contribution in [3.63, 3.8) is 0 Å². The Bertz CT molecular complexity index is 934. The van der Waals surface area contributed by atoms with Gasteiger partial charge in [0.05, 0.1) is 10.0 Å². The van der Waals surface area contributed by atoms with Gasteiger partial charge in [-0.25, -0.2) is 0 Å². The quantitative estimate of drug-likeness (QED) is 0.389. The number of halogens is 4. The highest BCUT2D eigenvalue weighted by Gasteiger charge is 2.11. The van der Waals surface area contributed by atoms with E-state index in [0.717, 1.165) is 23.2 Å². The van der Waals surface area contributed by atoms with Gasteiger partial charge in [-0.15, -0.1) is 0 Å². The molecule has 0 heterocycles. The zero-order valence-electron chi connectivity index (χ0n) is 15.2. The van der Waals surface area contributed by atoms with Crippen LogP contribution in [0.1, 0.15) is 23.6 Å². The molecule has 0 fully saturated rings. The predicted octanol–water partition coefficient (Wildman–Crippen LogP) is 8.05. The molecule has 6 heteroatoms. The second-order valence-corrected chi connectivity index (χ2v) is 7.98. The number of anilines is 1. The standard InChI is InChI=1S/C22H19Cl4NO/c1-2-14-3-7-18(8-4-14)27-12-15-9-20(25)22(21(26)10-15)28-13-16-5-6-17(23)11-19(16)24/h3-11,27H,2,12-13H2,1H3. The van der Waals surface area contributed by atoms with Crippen molar-refractivity contribution in [2.24, 2.45) is 0 Å². The second-order valence-electron chi connectivity index (χ2n) is 6.32. The Balaban J connectivity index is 1.66. The van der Waals surface area contributed by atoms with Crippen molar-refractivity contribution in [1.29, 1.82) is 0 Å². The van der Waals surface area contributed by atoms with E-state index in [4.69, 9.17) is 51.1 Å². The maximum atomic E-state index is 6.40. The summed E-state index contributed by atoms with van der Waals surface area (Å²) in [6, 6.07) is 17.3. The highest BCUT2D eigenvalue weighted by Crippen LogP contribution is 2.35. The van der Waals surface area contributed by atoms with E-state index < -0.39 is 0 Å². The maximum absolute atomic E-state index is 6.40. The molecule has 0 spiro atoms. The third-order valence-corrected chi connectivity index (χ3v) is 5.45. The lowest BCUT2D eigenvalue weighted by Crippen LogP contribution is -2.02. The van der Waals surface area contributed by atoms with Gasteiger partial charge >= 0.3 is 0 Å². The van der Waals surface area contributed by atoms with Gasteiger partial charge in [-0.05, 0) is 53.9 Å². The van der Waals surface area contributed by atoms with Crippen LogP contribution < -0.4 is 10.1 Å². The summed E-state index contributed by atoms with van der Waals surface area (Å²) in [5, 5.41) is 5.39. The molecular weight excluding hydrogens is 436 g/mol. The number of hydrogen-bond donors (Lipinski definition) is 1. The van der Waals surface area contributed by atoms with Gasteiger partial charge in [0.1, 0.15) is 6.61 Å². The van der Waals surface area contributed by atoms with Crippen LogP contribution in [0, 0.1) is 0 Å². The monoisotopic (exact) mass is 453 g/mol. The predicted molar refractivity (Wildman–Crippen MR) is 120 cm³/mol. The van der Waals surface area contributed by atoms with Crippen LogP contribution in [-0.2, 0) is 19.6 Å². The first-order valence-electron chi connectivity index (χ1n) is 8.83. The van der Waals surface area contributed by atoms with Gasteiger partial charge in [0.25, 0.3) is 0 Å². The topological polar surface area (TPSA) is 21.3 Å². The summed E-state index contributed by atoms with van der Waals surface area (Å²) in [6.45, 7) is 2.99. The molecule has 3 rings (SSSR count). The molecular formula is C22H19Cl4NO. The van der Waals surface area contributed by atoms with Gasteiger partial charge in [-0.1, -0.05) is 71.5 Å². The van der Waals surface area contributed by atoms with Gasteiger partial charge in [-0.2, -0.15) is 0 Å². The maximum Gasteiger partial charge on any atom is 0.156 e. The molecule has 0 atom stereocenters. The van der Waals surface area contributed by atoms with Gasteiger partial charge < -0.3 is 10.1 Å². The lowest BCUT2D eigenvalue weighted by Gasteiger charge is -2.14. The molecule has 0 aliphatic heterocycles. The highest BCUT2D eigenvalue weighted by atomic mass is 35.5. The van der Waals surface area contributed by atoms with Gasteiger partial charge in [0.2, 0.25) is 0 Å². The van der Waals surface area contributed by atoms with Crippen molar-refractivity contribution in [1.82, 2.24) is 0 Å². The van der Waals surface area contributed by atoms with Crippen molar-refractivity contribution >= 4 is 52.1 Å². The Hall–Kier alpha value is -1.58. The van der Waals surface area contributed by atoms with Gasteiger partial charge in [0.15, 0.2) is 5.75 Å². The average Bonchev–Trinajstić information content (AvgIpc) is 2.67. The molecule has 0 aliphatic rings. The molecule has 1 N–H and O–H groups in total. The number of aryl methyl sites for hydroxylation is 1. The van der Waals surface area contributed by atoms with Crippen LogP contribution >= 0.6 is 46.4 Å². The van der Waals surface area contributed by atoms with Crippen LogP contribution in [-0.4, -0.2) is 0 Å². The molecule has 0 saturated carbocycles. The summed E-state index contributed by atoms with van der Waals surface area (Å²) in [4.78, 5) is 0. The molecule has 2 nitrogen and oxygen atoms in total. The van der Waals surface area contributed by atoms with E-state index in [9.17, 15) is 0 Å². The van der Waals surface area contributed by atoms with E-state index in [1.165, 1.54) is 5.56 Å². The molecule has 0 unspecified atom stereocenters. The minimum absolute atomic E-state index is 0.247. The van der Waals surface area contributed by atoms with E-state index in [1.54, 1.807) is 12.1 Å². The fourth-order valence-corrected chi connectivity index (χ4v) is 3.81. The van der Waals surface area contributed by atoms with Crippen LogP contribution in [0.2, 0.25) is 20.1 Å². The van der Waals surface area contributed by atoms with Gasteiger partial charge in [0, 0.05) is 27.8 Å². The summed E-state index contributed by atoms with van der Waals surface area (Å²) in [5.74, 6) is 0.436. The van der Waals surface area contributed by atoms with Crippen LogP contribution in [0.3, 0.4) is 0 Å². The van der Waals surface area contributed by atoms with E-state index >= 15 is 0 Å². The molecule has 28 heavy (non-hydrogen) atoms. The van der Waals surface area contributed by atoms with Crippen LogP contribution in [0.25, 0.3) is 0 Å². The van der Waals surface area contributed by atoms with Crippen LogP contribution in [0.5, 0.6) is 5.75 Å². The number of ether oxygens (including phenoxy) is 1. The number of nitrogens with one attached hydrogen (secondary N) is 1. The summed E-state index contributed by atoms with van der Waals surface area (Å²) >= 11 is 24.9.